The van der Waals surface area contributed by atoms with E-state index in [1.54, 1.807) is 0 Å². The summed E-state index contributed by atoms with van der Waals surface area (Å²) in [5, 5.41) is 7.33. The summed E-state index contributed by atoms with van der Waals surface area (Å²) in [7, 11) is 0. The number of aromatic nitrogens is 2. The van der Waals surface area contributed by atoms with E-state index in [-0.39, 0.29) is 0 Å². The van der Waals surface area contributed by atoms with Crippen molar-refractivity contribution in [3.63, 3.8) is 0 Å². The highest BCUT2D eigenvalue weighted by Crippen LogP contribution is 2.16. The van der Waals surface area contributed by atoms with Crippen molar-refractivity contribution in [3.05, 3.63) is 5.89 Å². The highest BCUT2D eigenvalue weighted by Gasteiger charge is 2.15. The zero-order valence-corrected chi connectivity index (χ0v) is 10.6. The first-order valence-electron chi connectivity index (χ1n) is 6.68. The second-order valence-electron chi connectivity index (χ2n) is 4.49. The second-order valence-corrected chi connectivity index (χ2v) is 4.49. The molecule has 1 saturated heterocycles. The number of nitrogens with zero attached hydrogens (tertiary/aromatic N) is 3. The van der Waals surface area contributed by atoms with E-state index in [9.17, 15) is 0 Å². The number of nitrogens with one attached hydrogen (secondary N) is 1. The molecule has 1 N–H and O–H groups in total. The number of anilines is 1. The summed E-state index contributed by atoms with van der Waals surface area (Å²) in [6.07, 6.45) is 5.93. The topological polar surface area (TPSA) is 54.2 Å². The van der Waals surface area contributed by atoms with Crippen LogP contribution in [-0.2, 0) is 6.42 Å². The van der Waals surface area contributed by atoms with Gasteiger partial charge in [0, 0.05) is 26.1 Å². The summed E-state index contributed by atoms with van der Waals surface area (Å²) in [6.45, 7) is 6.10. The van der Waals surface area contributed by atoms with Crippen LogP contribution in [0.3, 0.4) is 0 Å². The minimum absolute atomic E-state index is 0.741. The highest BCUT2D eigenvalue weighted by atomic mass is 16.5. The third-order valence-electron chi connectivity index (χ3n) is 3.11. The van der Waals surface area contributed by atoms with E-state index in [0.29, 0.717) is 0 Å². The van der Waals surface area contributed by atoms with Gasteiger partial charge in [0.1, 0.15) is 0 Å². The molecule has 0 spiro atoms. The summed E-state index contributed by atoms with van der Waals surface area (Å²) in [5.74, 6) is 1.52. The summed E-state index contributed by atoms with van der Waals surface area (Å²) < 4.78 is 5.26. The standard InChI is InChI=1S/C12H22N4O/c1-2-13-8-7-11-14-12(15-17-11)16-9-5-3-4-6-10-16/h13H,2-10H2,1H3. The Morgan fingerprint density at radius 2 is 2.00 bits per heavy atom. The van der Waals surface area contributed by atoms with Crippen LogP contribution in [0.1, 0.15) is 38.5 Å². The predicted octanol–water partition coefficient (Wildman–Crippen LogP) is 1.60. The normalized spacial score (nSPS) is 17.1. The Balaban J connectivity index is 1.87. The predicted molar refractivity (Wildman–Crippen MR) is 67.2 cm³/mol. The van der Waals surface area contributed by atoms with Crippen LogP contribution < -0.4 is 10.2 Å². The SMILES string of the molecule is CCNCCc1nc(N2CCCCCC2)no1. The van der Waals surface area contributed by atoms with Gasteiger partial charge in [0.15, 0.2) is 0 Å². The van der Waals surface area contributed by atoms with Gasteiger partial charge in [-0.1, -0.05) is 19.8 Å². The van der Waals surface area contributed by atoms with Crippen LogP contribution in [0.2, 0.25) is 0 Å². The number of rotatable bonds is 5. The Hall–Kier alpha value is -1.10. The third kappa shape index (κ3) is 3.70. The molecule has 96 valence electrons. The molecule has 0 unspecified atom stereocenters. The van der Waals surface area contributed by atoms with E-state index in [0.717, 1.165) is 44.4 Å². The second kappa shape index (κ2) is 6.59. The number of hydrogen-bond donors (Lipinski definition) is 1. The Labute approximate surface area is 103 Å². The molecular formula is C12H22N4O. The van der Waals surface area contributed by atoms with E-state index in [1.165, 1.54) is 25.7 Å². The smallest absolute Gasteiger partial charge is 0.266 e. The summed E-state index contributed by atoms with van der Waals surface area (Å²) >= 11 is 0. The molecule has 17 heavy (non-hydrogen) atoms. The monoisotopic (exact) mass is 238 g/mol. The van der Waals surface area contributed by atoms with Crippen LogP contribution in [0, 0.1) is 0 Å². The van der Waals surface area contributed by atoms with Crippen molar-refractivity contribution in [2.75, 3.05) is 31.1 Å². The van der Waals surface area contributed by atoms with Crippen LogP contribution in [0.4, 0.5) is 5.95 Å². The Morgan fingerprint density at radius 1 is 1.24 bits per heavy atom. The van der Waals surface area contributed by atoms with Gasteiger partial charge < -0.3 is 14.7 Å². The average molecular weight is 238 g/mol. The van der Waals surface area contributed by atoms with Crippen molar-refractivity contribution in [1.29, 1.82) is 0 Å². The quantitative estimate of drug-likeness (QED) is 0.790. The molecule has 5 heteroatoms. The van der Waals surface area contributed by atoms with Gasteiger partial charge in [0.25, 0.3) is 5.95 Å². The minimum Gasteiger partial charge on any atom is -0.338 e. The van der Waals surface area contributed by atoms with Gasteiger partial charge in [-0.3, -0.25) is 0 Å². The van der Waals surface area contributed by atoms with Gasteiger partial charge in [-0.05, 0) is 24.5 Å². The van der Waals surface area contributed by atoms with Gasteiger partial charge in [0.2, 0.25) is 5.89 Å². The van der Waals surface area contributed by atoms with Gasteiger partial charge in [-0.25, -0.2) is 0 Å². The molecule has 5 nitrogen and oxygen atoms in total. The van der Waals surface area contributed by atoms with Crippen LogP contribution in [0.5, 0.6) is 0 Å². The molecule has 1 aliphatic rings. The van der Waals surface area contributed by atoms with E-state index in [4.69, 9.17) is 4.52 Å². The fourth-order valence-corrected chi connectivity index (χ4v) is 2.12. The summed E-state index contributed by atoms with van der Waals surface area (Å²) in [4.78, 5) is 6.70. The molecule has 1 aliphatic heterocycles. The lowest BCUT2D eigenvalue weighted by atomic mass is 10.2. The van der Waals surface area contributed by atoms with Crippen molar-refractivity contribution < 1.29 is 4.52 Å². The molecule has 0 radical (unpaired) electrons. The Kier molecular flexibility index (Phi) is 4.79. The fraction of sp³-hybridized carbons (Fsp3) is 0.833. The highest BCUT2D eigenvalue weighted by molar-refractivity contribution is 5.27. The molecule has 0 atom stereocenters. The molecule has 2 rings (SSSR count). The number of hydrogen-bond acceptors (Lipinski definition) is 5. The van der Waals surface area contributed by atoms with Gasteiger partial charge in [-0.2, -0.15) is 4.98 Å². The largest absolute Gasteiger partial charge is 0.338 e. The maximum Gasteiger partial charge on any atom is 0.266 e. The van der Waals surface area contributed by atoms with Crippen molar-refractivity contribution in [2.45, 2.75) is 39.0 Å². The molecular weight excluding hydrogens is 216 g/mol. The first kappa shape index (κ1) is 12.4. The molecule has 0 amide bonds. The fourth-order valence-electron chi connectivity index (χ4n) is 2.12. The minimum atomic E-state index is 0.741. The van der Waals surface area contributed by atoms with Crippen LogP contribution in [0.25, 0.3) is 0 Å². The van der Waals surface area contributed by atoms with Crippen LogP contribution >= 0.6 is 0 Å². The third-order valence-corrected chi connectivity index (χ3v) is 3.11. The molecule has 0 aliphatic carbocycles. The van der Waals surface area contributed by atoms with E-state index in [2.05, 4.69) is 27.3 Å². The lowest BCUT2D eigenvalue weighted by Gasteiger charge is -2.16. The molecule has 2 heterocycles. The van der Waals surface area contributed by atoms with E-state index in [1.807, 2.05) is 0 Å². The average Bonchev–Trinajstić information content (AvgIpc) is 2.64. The summed E-state index contributed by atoms with van der Waals surface area (Å²) in [5.41, 5.74) is 0. The van der Waals surface area contributed by atoms with Gasteiger partial charge in [0.05, 0.1) is 0 Å². The Morgan fingerprint density at radius 3 is 2.71 bits per heavy atom. The van der Waals surface area contributed by atoms with Crippen LogP contribution in [0.15, 0.2) is 4.52 Å². The zero-order valence-electron chi connectivity index (χ0n) is 10.6. The first-order chi connectivity index (χ1) is 8.40. The zero-order chi connectivity index (χ0) is 11.9. The molecule has 1 fully saturated rings. The first-order valence-corrected chi connectivity index (χ1v) is 6.68. The molecule has 0 aromatic carbocycles. The van der Waals surface area contributed by atoms with E-state index < -0.39 is 0 Å². The van der Waals surface area contributed by atoms with Crippen molar-refractivity contribution in [2.24, 2.45) is 0 Å². The lowest BCUT2D eigenvalue weighted by molar-refractivity contribution is 0.375. The molecule has 0 saturated carbocycles. The molecule has 1 aromatic rings. The van der Waals surface area contributed by atoms with Gasteiger partial charge >= 0.3 is 0 Å². The van der Waals surface area contributed by atoms with Crippen molar-refractivity contribution in [1.82, 2.24) is 15.5 Å². The maximum absolute atomic E-state index is 5.26. The van der Waals surface area contributed by atoms with Crippen molar-refractivity contribution in [3.8, 4) is 0 Å². The molecule has 0 bridgehead atoms. The van der Waals surface area contributed by atoms with Crippen molar-refractivity contribution >= 4 is 5.95 Å². The van der Waals surface area contributed by atoms with Crippen LogP contribution in [-0.4, -0.2) is 36.3 Å². The lowest BCUT2D eigenvalue weighted by Crippen LogP contribution is -2.25. The number of likely N-dealkylation sites (N-methyl/N-ethyl adjacent to an activating group) is 1. The maximum atomic E-state index is 5.26. The Bertz CT molecular complexity index is 318. The van der Waals surface area contributed by atoms with Gasteiger partial charge in [-0.15, -0.1) is 0 Å². The summed E-state index contributed by atoms with van der Waals surface area (Å²) in [6, 6.07) is 0. The van der Waals surface area contributed by atoms with E-state index >= 15 is 0 Å². The molecule has 1 aromatic heterocycles.